The van der Waals surface area contributed by atoms with E-state index in [1.54, 1.807) is 12.3 Å². The molecule has 0 spiro atoms. The third-order valence-corrected chi connectivity index (χ3v) is 2.49. The molecule has 1 unspecified atom stereocenters. The Balaban J connectivity index is 0.00000144. The van der Waals surface area contributed by atoms with Crippen molar-refractivity contribution in [3.8, 4) is 0 Å². The summed E-state index contributed by atoms with van der Waals surface area (Å²) in [5, 5.41) is 9.38. The van der Waals surface area contributed by atoms with Gasteiger partial charge in [0.25, 0.3) is 0 Å². The van der Waals surface area contributed by atoms with Gasteiger partial charge in [-0.3, -0.25) is 4.79 Å². The highest BCUT2D eigenvalue weighted by molar-refractivity contribution is 5.85. The van der Waals surface area contributed by atoms with E-state index in [0.29, 0.717) is 10.9 Å². The Bertz CT molecular complexity index is 541. The summed E-state index contributed by atoms with van der Waals surface area (Å²) in [5.41, 5.74) is 6.91. The number of halogens is 2. The Morgan fingerprint density at radius 3 is 2.88 bits per heavy atom. The van der Waals surface area contributed by atoms with Crippen molar-refractivity contribution in [2.45, 2.75) is 12.5 Å². The van der Waals surface area contributed by atoms with Crippen LogP contribution in [0.5, 0.6) is 0 Å². The average Bonchev–Trinajstić information content (AvgIpc) is 2.61. The summed E-state index contributed by atoms with van der Waals surface area (Å²) in [7, 11) is 0. The monoisotopic (exact) mass is 258 g/mol. The molecular weight excluding hydrogens is 247 g/mol. The molecule has 4 nitrogen and oxygen atoms in total. The van der Waals surface area contributed by atoms with Crippen LogP contribution in [0, 0.1) is 5.82 Å². The van der Waals surface area contributed by atoms with Crippen molar-refractivity contribution in [1.82, 2.24) is 4.98 Å². The Morgan fingerprint density at radius 2 is 2.24 bits per heavy atom. The van der Waals surface area contributed by atoms with Gasteiger partial charge in [0.05, 0.1) is 0 Å². The lowest BCUT2D eigenvalue weighted by molar-refractivity contribution is -0.138. The molecule has 0 aliphatic heterocycles. The number of carboxylic acids is 1. The average molecular weight is 259 g/mol. The Morgan fingerprint density at radius 1 is 1.53 bits per heavy atom. The number of benzene rings is 1. The second kappa shape index (κ2) is 5.16. The van der Waals surface area contributed by atoms with Crippen LogP contribution < -0.4 is 5.73 Å². The molecule has 0 bridgehead atoms. The highest BCUT2D eigenvalue weighted by atomic mass is 35.5. The summed E-state index contributed by atoms with van der Waals surface area (Å²) in [4.78, 5) is 13.6. The molecular formula is C11H12ClFN2O2. The molecule has 1 aromatic carbocycles. The maximum Gasteiger partial charge on any atom is 0.320 e. The quantitative estimate of drug-likeness (QED) is 0.784. The topological polar surface area (TPSA) is 79.1 Å². The van der Waals surface area contributed by atoms with E-state index in [0.717, 1.165) is 5.52 Å². The van der Waals surface area contributed by atoms with Crippen LogP contribution in [0.2, 0.25) is 0 Å². The summed E-state index contributed by atoms with van der Waals surface area (Å²) in [5.74, 6) is -1.41. The van der Waals surface area contributed by atoms with Gasteiger partial charge in [-0.1, -0.05) is 0 Å². The molecule has 92 valence electrons. The van der Waals surface area contributed by atoms with Gasteiger partial charge in [-0.2, -0.15) is 0 Å². The number of nitrogens with two attached hydrogens (primary N) is 1. The zero-order valence-electron chi connectivity index (χ0n) is 8.81. The van der Waals surface area contributed by atoms with Crippen molar-refractivity contribution in [1.29, 1.82) is 0 Å². The molecule has 1 heterocycles. The molecule has 4 N–H and O–H groups in total. The molecule has 17 heavy (non-hydrogen) atoms. The van der Waals surface area contributed by atoms with E-state index in [1.165, 1.54) is 12.1 Å². The van der Waals surface area contributed by atoms with Crippen LogP contribution in [-0.4, -0.2) is 22.1 Å². The number of aromatic nitrogens is 1. The number of fused-ring (bicyclic) bond motifs is 1. The van der Waals surface area contributed by atoms with E-state index in [1.807, 2.05) is 0 Å². The molecule has 1 atom stereocenters. The van der Waals surface area contributed by atoms with Crippen LogP contribution in [0.4, 0.5) is 4.39 Å². The summed E-state index contributed by atoms with van der Waals surface area (Å²) in [6.07, 6.45) is 1.84. The molecule has 0 fully saturated rings. The van der Waals surface area contributed by atoms with Gasteiger partial charge in [-0.05, 0) is 23.8 Å². The third-order valence-electron chi connectivity index (χ3n) is 2.49. The maximum absolute atomic E-state index is 13.0. The number of aliphatic carboxylic acids is 1. The Kier molecular flexibility index (Phi) is 4.09. The van der Waals surface area contributed by atoms with Crippen LogP contribution >= 0.6 is 12.4 Å². The SMILES string of the molecule is Cl.NC(Cc1c[nH]c2ccc(F)cc12)C(=O)O. The first-order chi connectivity index (χ1) is 7.58. The Hall–Kier alpha value is -1.59. The van der Waals surface area contributed by atoms with Gasteiger partial charge in [0.15, 0.2) is 0 Å². The van der Waals surface area contributed by atoms with Gasteiger partial charge in [-0.15, -0.1) is 12.4 Å². The van der Waals surface area contributed by atoms with Gasteiger partial charge in [-0.25, -0.2) is 4.39 Å². The molecule has 6 heteroatoms. The lowest BCUT2D eigenvalue weighted by atomic mass is 10.1. The molecule has 0 saturated carbocycles. The van der Waals surface area contributed by atoms with Crippen LogP contribution in [0.15, 0.2) is 24.4 Å². The number of H-pyrrole nitrogens is 1. The van der Waals surface area contributed by atoms with Gasteiger partial charge in [0.1, 0.15) is 11.9 Å². The van der Waals surface area contributed by atoms with Gasteiger partial charge < -0.3 is 15.8 Å². The number of rotatable bonds is 3. The van der Waals surface area contributed by atoms with Crippen LogP contribution in [0.1, 0.15) is 5.56 Å². The van der Waals surface area contributed by atoms with Gasteiger partial charge >= 0.3 is 5.97 Å². The van der Waals surface area contributed by atoms with Crippen molar-refractivity contribution >= 4 is 29.3 Å². The lowest BCUT2D eigenvalue weighted by Gasteiger charge is -2.04. The fourth-order valence-electron chi connectivity index (χ4n) is 1.64. The minimum absolute atomic E-state index is 0. The Labute approximate surface area is 103 Å². The minimum atomic E-state index is -1.06. The molecule has 0 radical (unpaired) electrons. The predicted octanol–water partition coefficient (Wildman–Crippen LogP) is 1.68. The molecule has 1 aromatic heterocycles. The second-order valence-electron chi connectivity index (χ2n) is 3.65. The van der Waals surface area contributed by atoms with E-state index < -0.39 is 12.0 Å². The first kappa shape index (κ1) is 13.5. The number of nitrogens with one attached hydrogen (secondary N) is 1. The van der Waals surface area contributed by atoms with E-state index >= 15 is 0 Å². The molecule has 2 rings (SSSR count). The first-order valence-corrected chi connectivity index (χ1v) is 4.82. The standard InChI is InChI=1S/C11H11FN2O2.ClH/c12-7-1-2-10-8(4-7)6(5-14-10)3-9(13)11(15)16;/h1-2,4-5,9,14H,3,13H2,(H,15,16);1H. The summed E-state index contributed by atoms with van der Waals surface area (Å²) in [6, 6.07) is 3.36. The molecule has 0 saturated heterocycles. The molecule has 0 amide bonds. The highest BCUT2D eigenvalue weighted by Crippen LogP contribution is 2.20. The van der Waals surface area contributed by atoms with Crippen molar-refractivity contribution in [3.63, 3.8) is 0 Å². The van der Waals surface area contributed by atoms with Gasteiger partial charge in [0, 0.05) is 23.5 Å². The summed E-state index contributed by atoms with van der Waals surface area (Å²) in [6.45, 7) is 0. The predicted molar refractivity (Wildman–Crippen MR) is 64.8 cm³/mol. The largest absolute Gasteiger partial charge is 0.480 e. The van der Waals surface area contributed by atoms with Crippen molar-refractivity contribution in [2.75, 3.05) is 0 Å². The zero-order valence-corrected chi connectivity index (χ0v) is 9.63. The van der Waals surface area contributed by atoms with Crippen LogP contribution in [0.3, 0.4) is 0 Å². The van der Waals surface area contributed by atoms with E-state index in [2.05, 4.69) is 4.98 Å². The fraction of sp³-hybridized carbons (Fsp3) is 0.182. The normalized spacial score (nSPS) is 12.1. The lowest BCUT2D eigenvalue weighted by Crippen LogP contribution is -2.32. The number of carbonyl (C=O) groups is 1. The third kappa shape index (κ3) is 2.75. The molecule has 2 aromatic rings. The zero-order chi connectivity index (χ0) is 11.7. The number of hydrogen-bond donors (Lipinski definition) is 3. The van der Waals surface area contributed by atoms with E-state index in [-0.39, 0.29) is 24.6 Å². The van der Waals surface area contributed by atoms with Crippen molar-refractivity contribution in [3.05, 3.63) is 35.8 Å². The number of hydrogen-bond acceptors (Lipinski definition) is 2. The number of carboxylic acid groups (broad SMARTS) is 1. The van der Waals surface area contributed by atoms with E-state index in [4.69, 9.17) is 10.8 Å². The first-order valence-electron chi connectivity index (χ1n) is 4.82. The summed E-state index contributed by atoms with van der Waals surface area (Å²) >= 11 is 0. The fourth-order valence-corrected chi connectivity index (χ4v) is 1.64. The highest BCUT2D eigenvalue weighted by Gasteiger charge is 2.14. The van der Waals surface area contributed by atoms with Gasteiger partial charge in [0.2, 0.25) is 0 Å². The van der Waals surface area contributed by atoms with E-state index in [9.17, 15) is 9.18 Å². The number of aromatic amines is 1. The van der Waals surface area contributed by atoms with Crippen molar-refractivity contribution in [2.24, 2.45) is 5.73 Å². The second-order valence-corrected chi connectivity index (χ2v) is 3.65. The smallest absolute Gasteiger partial charge is 0.320 e. The molecule has 0 aliphatic rings. The van der Waals surface area contributed by atoms with Crippen LogP contribution in [-0.2, 0) is 11.2 Å². The summed E-state index contributed by atoms with van der Waals surface area (Å²) < 4.78 is 13.0. The maximum atomic E-state index is 13.0. The minimum Gasteiger partial charge on any atom is -0.480 e. The molecule has 0 aliphatic carbocycles. The van der Waals surface area contributed by atoms with Crippen LogP contribution in [0.25, 0.3) is 10.9 Å². The van der Waals surface area contributed by atoms with Crippen molar-refractivity contribution < 1.29 is 14.3 Å².